The van der Waals surface area contributed by atoms with Crippen LogP contribution in [0.15, 0.2) is 48.5 Å². The molecule has 1 saturated carbocycles. The molecule has 9 nitrogen and oxygen atoms in total. The number of nitrogen functional groups attached to an aromatic ring is 1. The number of primary amides is 1. The average Bonchev–Trinajstić information content (AvgIpc) is 3.52. The molecule has 5 N–H and O–H groups in total. The number of aryl methyl sites for hydroxylation is 1. The van der Waals surface area contributed by atoms with Crippen LogP contribution in [0.3, 0.4) is 0 Å². The van der Waals surface area contributed by atoms with Crippen molar-refractivity contribution >= 4 is 46.3 Å². The number of aromatic nitrogens is 1. The van der Waals surface area contributed by atoms with E-state index in [1.54, 1.807) is 6.07 Å². The van der Waals surface area contributed by atoms with Crippen LogP contribution in [0, 0.1) is 6.92 Å². The lowest BCUT2D eigenvalue weighted by Crippen LogP contribution is -2.46. The lowest BCUT2D eigenvalue weighted by molar-refractivity contribution is -0.123. The zero-order chi connectivity index (χ0) is 26.7. The third-order valence-corrected chi connectivity index (χ3v) is 7.53. The Balaban J connectivity index is 1.87. The molecule has 1 aromatic heterocycles. The maximum absolute atomic E-state index is 14.2. The van der Waals surface area contributed by atoms with Gasteiger partial charge in [-0.1, -0.05) is 43.2 Å². The second kappa shape index (κ2) is 11.0. The first-order chi connectivity index (χ1) is 17.7. The molecule has 1 heterocycles. The van der Waals surface area contributed by atoms with Gasteiger partial charge in [0, 0.05) is 31.5 Å². The standard InChI is InChI=1S/C27H32N6O3S/c1-16-8-4-7-11-20(16)33(27(36)24-21(28)22(25(29)34)31-37-24)23(26(35)30-18-9-5-6-10-18)17-12-14-19(15-13-17)32(2)3/h4,7-8,11-15,18,23H,5-6,9-10,28H2,1-3H3,(H2,29,34)(H,30,35)/t23-/m1/s1. The van der Waals surface area contributed by atoms with Crippen molar-refractivity contribution in [1.82, 2.24) is 9.69 Å². The number of nitrogens with one attached hydrogen (secondary N) is 1. The molecule has 1 aliphatic rings. The molecule has 0 radical (unpaired) electrons. The number of rotatable bonds is 8. The van der Waals surface area contributed by atoms with E-state index in [0.717, 1.165) is 48.5 Å². The first kappa shape index (κ1) is 26.2. The van der Waals surface area contributed by atoms with E-state index in [-0.39, 0.29) is 28.2 Å². The van der Waals surface area contributed by atoms with Crippen LogP contribution in [0.2, 0.25) is 0 Å². The lowest BCUT2D eigenvalue weighted by atomic mass is 10.00. The second-order valence-corrected chi connectivity index (χ2v) is 10.3. The van der Waals surface area contributed by atoms with Crippen LogP contribution in [0.5, 0.6) is 0 Å². The van der Waals surface area contributed by atoms with Gasteiger partial charge in [-0.3, -0.25) is 19.3 Å². The van der Waals surface area contributed by atoms with E-state index in [9.17, 15) is 14.4 Å². The number of nitrogens with two attached hydrogens (primary N) is 2. The molecule has 0 bridgehead atoms. The monoisotopic (exact) mass is 520 g/mol. The number of amides is 3. The summed E-state index contributed by atoms with van der Waals surface area (Å²) in [5.74, 6) is -1.62. The molecule has 0 spiro atoms. The van der Waals surface area contributed by atoms with Crippen molar-refractivity contribution in [1.29, 1.82) is 0 Å². The highest BCUT2D eigenvalue weighted by atomic mass is 32.1. The summed E-state index contributed by atoms with van der Waals surface area (Å²) in [4.78, 5) is 43.4. The molecule has 2 aromatic carbocycles. The summed E-state index contributed by atoms with van der Waals surface area (Å²) in [6, 6.07) is 14.0. The van der Waals surface area contributed by atoms with Gasteiger partial charge in [0.25, 0.3) is 11.8 Å². The van der Waals surface area contributed by atoms with Crippen LogP contribution in [-0.2, 0) is 4.79 Å². The fraction of sp³-hybridized carbons (Fsp3) is 0.333. The van der Waals surface area contributed by atoms with Crippen molar-refractivity contribution in [3.05, 3.63) is 70.2 Å². The molecular formula is C27H32N6O3S. The van der Waals surface area contributed by atoms with Gasteiger partial charge in [-0.05, 0) is 60.6 Å². The predicted molar refractivity (Wildman–Crippen MR) is 147 cm³/mol. The minimum absolute atomic E-state index is 0.0554. The van der Waals surface area contributed by atoms with Crippen molar-refractivity contribution in [2.45, 2.75) is 44.7 Å². The normalized spacial score (nSPS) is 14.2. The Labute approximate surface area is 220 Å². The molecule has 10 heteroatoms. The zero-order valence-corrected chi connectivity index (χ0v) is 22.0. The van der Waals surface area contributed by atoms with Gasteiger partial charge in [0.1, 0.15) is 10.9 Å². The van der Waals surface area contributed by atoms with Crippen molar-refractivity contribution in [2.75, 3.05) is 29.6 Å². The molecule has 0 saturated heterocycles. The number of carbonyl (C=O) groups excluding carboxylic acids is 3. The largest absolute Gasteiger partial charge is 0.395 e. The van der Waals surface area contributed by atoms with Crippen LogP contribution in [0.25, 0.3) is 0 Å². The number of anilines is 3. The number of hydrogen-bond donors (Lipinski definition) is 3. The topological polar surface area (TPSA) is 135 Å². The van der Waals surface area contributed by atoms with Gasteiger partial charge < -0.3 is 21.7 Å². The van der Waals surface area contributed by atoms with E-state index in [1.807, 2.05) is 68.4 Å². The van der Waals surface area contributed by atoms with Crippen molar-refractivity contribution in [3.8, 4) is 0 Å². The molecular weight excluding hydrogens is 488 g/mol. The summed E-state index contributed by atoms with van der Waals surface area (Å²) in [7, 11) is 3.87. The van der Waals surface area contributed by atoms with Crippen molar-refractivity contribution < 1.29 is 14.4 Å². The first-order valence-corrected chi connectivity index (χ1v) is 13.0. The molecule has 4 rings (SSSR count). The summed E-state index contributed by atoms with van der Waals surface area (Å²) >= 11 is 0.800. The van der Waals surface area contributed by atoms with Gasteiger partial charge in [0.2, 0.25) is 5.91 Å². The van der Waals surface area contributed by atoms with Crippen LogP contribution in [-0.4, -0.2) is 42.2 Å². The molecule has 1 atom stereocenters. The molecule has 0 aliphatic heterocycles. The Morgan fingerprint density at radius 3 is 2.27 bits per heavy atom. The van der Waals surface area contributed by atoms with E-state index in [2.05, 4.69) is 9.69 Å². The van der Waals surface area contributed by atoms with E-state index in [4.69, 9.17) is 11.5 Å². The third kappa shape index (κ3) is 5.43. The smallest absolute Gasteiger partial charge is 0.273 e. The number of benzene rings is 2. The summed E-state index contributed by atoms with van der Waals surface area (Å²) in [6.45, 7) is 1.88. The highest BCUT2D eigenvalue weighted by Crippen LogP contribution is 2.35. The zero-order valence-electron chi connectivity index (χ0n) is 21.2. The summed E-state index contributed by atoms with van der Waals surface area (Å²) in [6.07, 6.45) is 3.92. The Morgan fingerprint density at radius 2 is 1.70 bits per heavy atom. The minimum Gasteiger partial charge on any atom is -0.395 e. The quantitative estimate of drug-likeness (QED) is 0.415. The molecule has 0 unspecified atom stereocenters. The van der Waals surface area contributed by atoms with Gasteiger partial charge in [-0.25, -0.2) is 0 Å². The SMILES string of the molecule is Cc1ccccc1N(C(=O)c1snc(C(N)=O)c1N)[C@@H](C(=O)NC1CCCC1)c1ccc(N(C)C)cc1. The van der Waals surface area contributed by atoms with E-state index >= 15 is 0 Å². The maximum atomic E-state index is 14.2. The van der Waals surface area contributed by atoms with E-state index in [1.165, 1.54) is 4.90 Å². The molecule has 3 aromatic rings. The summed E-state index contributed by atoms with van der Waals surface area (Å²) < 4.78 is 4.01. The third-order valence-electron chi connectivity index (χ3n) is 6.68. The number of carbonyl (C=O) groups is 3. The van der Waals surface area contributed by atoms with Gasteiger partial charge in [0.05, 0.1) is 5.69 Å². The highest BCUT2D eigenvalue weighted by molar-refractivity contribution is 7.09. The minimum atomic E-state index is -0.982. The van der Waals surface area contributed by atoms with Crippen molar-refractivity contribution in [2.24, 2.45) is 5.73 Å². The van der Waals surface area contributed by atoms with Gasteiger partial charge in [0.15, 0.2) is 5.69 Å². The molecule has 1 fully saturated rings. The fourth-order valence-corrected chi connectivity index (χ4v) is 5.40. The maximum Gasteiger partial charge on any atom is 0.273 e. The molecule has 37 heavy (non-hydrogen) atoms. The Bertz CT molecular complexity index is 1300. The average molecular weight is 521 g/mol. The summed E-state index contributed by atoms with van der Waals surface area (Å²) in [5, 5.41) is 3.17. The molecule has 1 aliphatic carbocycles. The van der Waals surface area contributed by atoms with Crippen LogP contribution >= 0.6 is 11.5 Å². The van der Waals surface area contributed by atoms with Gasteiger partial charge >= 0.3 is 0 Å². The number of hydrogen-bond acceptors (Lipinski definition) is 7. The van der Waals surface area contributed by atoms with Crippen LogP contribution < -0.4 is 26.6 Å². The van der Waals surface area contributed by atoms with Crippen molar-refractivity contribution in [3.63, 3.8) is 0 Å². The predicted octanol–water partition coefficient (Wildman–Crippen LogP) is 3.65. The Morgan fingerprint density at radius 1 is 1.05 bits per heavy atom. The number of nitrogens with zero attached hydrogens (tertiary/aromatic N) is 3. The fourth-order valence-electron chi connectivity index (χ4n) is 4.66. The first-order valence-electron chi connectivity index (χ1n) is 12.2. The second-order valence-electron chi connectivity index (χ2n) is 9.48. The van der Waals surface area contributed by atoms with E-state index in [0.29, 0.717) is 11.3 Å². The highest BCUT2D eigenvalue weighted by Gasteiger charge is 2.37. The Kier molecular flexibility index (Phi) is 7.77. The van der Waals surface area contributed by atoms with Crippen LogP contribution in [0.4, 0.5) is 17.1 Å². The van der Waals surface area contributed by atoms with Gasteiger partial charge in [-0.15, -0.1) is 0 Å². The van der Waals surface area contributed by atoms with E-state index < -0.39 is 17.9 Å². The van der Waals surface area contributed by atoms with Crippen LogP contribution in [0.1, 0.15) is 63.0 Å². The number of para-hydroxylation sites is 1. The van der Waals surface area contributed by atoms with Gasteiger partial charge in [-0.2, -0.15) is 4.37 Å². The molecule has 3 amide bonds. The lowest BCUT2D eigenvalue weighted by Gasteiger charge is -2.33. The summed E-state index contributed by atoms with van der Waals surface area (Å²) in [5.41, 5.74) is 14.3. The molecule has 194 valence electrons. The Hall–Kier alpha value is -3.92.